The topological polar surface area (TPSA) is 57.6 Å². The van der Waals surface area contributed by atoms with E-state index >= 15 is 0 Å². The summed E-state index contributed by atoms with van der Waals surface area (Å²) in [6, 6.07) is 7.72. The predicted octanol–water partition coefficient (Wildman–Crippen LogP) is 2.32. The van der Waals surface area contributed by atoms with Crippen LogP contribution >= 0.6 is 0 Å². The molecule has 0 aromatic heterocycles. The van der Waals surface area contributed by atoms with Crippen LogP contribution in [0.3, 0.4) is 0 Å². The average molecular weight is 285 g/mol. The second kappa shape index (κ2) is 4.58. The molecular formula is C17H19NO3. The molecule has 1 aliphatic heterocycles. The highest BCUT2D eigenvalue weighted by atomic mass is 16.4. The third-order valence-electron chi connectivity index (χ3n) is 5.36. The number of nitrogens with zero attached hydrogens (tertiary/aromatic N) is 1. The number of hydrogen-bond donors (Lipinski definition) is 1. The molecule has 2 aliphatic carbocycles. The normalized spacial score (nSPS) is 33.2. The second-order valence-corrected chi connectivity index (χ2v) is 6.74. The number of aliphatic carboxylic acids is 1. The van der Waals surface area contributed by atoms with Gasteiger partial charge in [-0.25, -0.2) is 0 Å². The van der Waals surface area contributed by atoms with Crippen molar-refractivity contribution in [1.29, 1.82) is 0 Å². The third-order valence-corrected chi connectivity index (χ3v) is 5.36. The minimum absolute atomic E-state index is 0.106. The van der Waals surface area contributed by atoms with Crippen molar-refractivity contribution in [2.45, 2.75) is 25.7 Å². The van der Waals surface area contributed by atoms with Gasteiger partial charge in [0.05, 0.1) is 5.92 Å². The van der Waals surface area contributed by atoms with E-state index in [1.54, 1.807) is 4.90 Å². The first kappa shape index (κ1) is 12.9. The zero-order chi connectivity index (χ0) is 14.6. The molecule has 0 radical (unpaired) electrons. The van der Waals surface area contributed by atoms with E-state index in [-0.39, 0.29) is 11.8 Å². The van der Waals surface area contributed by atoms with E-state index < -0.39 is 11.9 Å². The van der Waals surface area contributed by atoms with Crippen LogP contribution in [0.4, 0.5) is 5.69 Å². The van der Waals surface area contributed by atoms with Gasteiger partial charge < -0.3 is 10.0 Å². The predicted molar refractivity (Wildman–Crippen MR) is 77.9 cm³/mol. The number of carbonyl (C=O) groups excluding carboxylic acids is 1. The molecule has 1 aromatic carbocycles. The van der Waals surface area contributed by atoms with Crippen LogP contribution in [0.15, 0.2) is 24.3 Å². The Hall–Kier alpha value is -1.84. The van der Waals surface area contributed by atoms with Crippen molar-refractivity contribution in [2.24, 2.45) is 23.7 Å². The molecule has 3 aliphatic rings. The molecule has 4 rings (SSSR count). The Bertz CT molecular complexity index is 602. The lowest BCUT2D eigenvalue weighted by atomic mass is 9.91. The number of carboxylic acids is 1. The molecule has 0 saturated heterocycles. The van der Waals surface area contributed by atoms with E-state index in [0.717, 1.165) is 35.9 Å². The molecule has 3 unspecified atom stereocenters. The van der Waals surface area contributed by atoms with Gasteiger partial charge in [0.1, 0.15) is 0 Å². The molecule has 0 spiro atoms. The van der Waals surface area contributed by atoms with Crippen molar-refractivity contribution < 1.29 is 14.7 Å². The molecule has 0 bridgehead atoms. The monoisotopic (exact) mass is 285 g/mol. The van der Waals surface area contributed by atoms with Gasteiger partial charge in [-0.15, -0.1) is 0 Å². The Balaban J connectivity index is 1.63. The number of para-hydroxylation sites is 1. The van der Waals surface area contributed by atoms with Crippen molar-refractivity contribution in [3.8, 4) is 0 Å². The quantitative estimate of drug-likeness (QED) is 0.907. The molecule has 1 heterocycles. The molecule has 2 saturated carbocycles. The number of anilines is 1. The number of carbonyl (C=O) groups is 2. The summed E-state index contributed by atoms with van der Waals surface area (Å²) in [5, 5.41) is 9.34. The van der Waals surface area contributed by atoms with Crippen LogP contribution in [0, 0.1) is 23.7 Å². The average Bonchev–Trinajstić information content (AvgIpc) is 3.11. The third kappa shape index (κ3) is 2.13. The van der Waals surface area contributed by atoms with Crippen molar-refractivity contribution >= 4 is 17.6 Å². The summed E-state index contributed by atoms with van der Waals surface area (Å²) >= 11 is 0. The minimum atomic E-state index is -0.809. The number of fused-ring (bicyclic) bond motifs is 2. The molecule has 4 nitrogen and oxygen atoms in total. The van der Waals surface area contributed by atoms with Gasteiger partial charge in [0.2, 0.25) is 5.91 Å². The van der Waals surface area contributed by atoms with Gasteiger partial charge in [0.25, 0.3) is 0 Å². The summed E-state index contributed by atoms with van der Waals surface area (Å²) in [4.78, 5) is 25.9. The summed E-state index contributed by atoms with van der Waals surface area (Å²) in [5.74, 6) is 0.467. The maximum absolute atomic E-state index is 12.8. The summed E-state index contributed by atoms with van der Waals surface area (Å²) in [5.41, 5.74) is 1.90. The van der Waals surface area contributed by atoms with Gasteiger partial charge >= 0.3 is 5.97 Å². The van der Waals surface area contributed by atoms with Crippen LogP contribution in [0.25, 0.3) is 0 Å². The highest BCUT2D eigenvalue weighted by Crippen LogP contribution is 2.55. The van der Waals surface area contributed by atoms with E-state index in [2.05, 4.69) is 0 Å². The van der Waals surface area contributed by atoms with E-state index in [4.69, 9.17) is 0 Å². The minimum Gasteiger partial charge on any atom is -0.481 e. The summed E-state index contributed by atoms with van der Waals surface area (Å²) in [6.07, 6.45) is 3.81. The highest BCUT2D eigenvalue weighted by Gasteiger charge is 2.49. The first-order valence-electron chi connectivity index (χ1n) is 7.75. The summed E-state index contributed by atoms with van der Waals surface area (Å²) in [7, 11) is 0. The fraction of sp³-hybridized carbons (Fsp3) is 0.529. The van der Waals surface area contributed by atoms with Crippen LogP contribution in [0.5, 0.6) is 0 Å². The fourth-order valence-corrected chi connectivity index (χ4v) is 4.11. The number of benzene rings is 1. The second-order valence-electron chi connectivity index (χ2n) is 6.74. The Kier molecular flexibility index (Phi) is 2.81. The Morgan fingerprint density at radius 2 is 1.76 bits per heavy atom. The van der Waals surface area contributed by atoms with Gasteiger partial charge in [-0.05, 0) is 49.1 Å². The van der Waals surface area contributed by atoms with E-state index in [0.29, 0.717) is 13.0 Å². The van der Waals surface area contributed by atoms with Crippen molar-refractivity contribution in [3.63, 3.8) is 0 Å². The lowest BCUT2D eigenvalue weighted by Gasteiger charge is -2.34. The maximum atomic E-state index is 12.8. The number of hydrogen-bond acceptors (Lipinski definition) is 2. The summed E-state index contributed by atoms with van der Waals surface area (Å²) in [6.45, 7) is 0.316. The van der Waals surface area contributed by atoms with Crippen molar-refractivity contribution in [1.82, 2.24) is 0 Å². The number of amides is 1. The van der Waals surface area contributed by atoms with E-state index in [1.807, 2.05) is 24.3 Å². The molecule has 1 amide bonds. The zero-order valence-electron chi connectivity index (χ0n) is 11.9. The van der Waals surface area contributed by atoms with Crippen molar-refractivity contribution in [2.75, 3.05) is 11.4 Å². The van der Waals surface area contributed by atoms with Crippen molar-refractivity contribution in [3.05, 3.63) is 29.8 Å². The standard InChI is InChI=1S/C17H19NO3/c19-16(13-7-11-6-12(11)8-13)18-9-14(17(20)21)5-10-3-1-2-4-15(10)18/h1-4,11-14H,5-9H2,(H,20,21). The first-order chi connectivity index (χ1) is 10.1. The van der Waals surface area contributed by atoms with Crippen LogP contribution in [0.2, 0.25) is 0 Å². The lowest BCUT2D eigenvalue weighted by Crippen LogP contribution is -2.45. The zero-order valence-corrected chi connectivity index (χ0v) is 11.9. The molecule has 4 heteroatoms. The van der Waals surface area contributed by atoms with Gasteiger partial charge in [-0.1, -0.05) is 18.2 Å². The Morgan fingerprint density at radius 3 is 2.48 bits per heavy atom. The van der Waals surface area contributed by atoms with Gasteiger partial charge in [0, 0.05) is 18.2 Å². The smallest absolute Gasteiger partial charge is 0.308 e. The van der Waals surface area contributed by atoms with Gasteiger partial charge in [0.15, 0.2) is 0 Å². The summed E-state index contributed by atoms with van der Waals surface area (Å²) < 4.78 is 0. The Morgan fingerprint density at radius 1 is 1.05 bits per heavy atom. The number of carboxylic acid groups (broad SMARTS) is 1. The highest BCUT2D eigenvalue weighted by molar-refractivity contribution is 5.97. The molecule has 1 N–H and O–H groups in total. The van der Waals surface area contributed by atoms with Crippen LogP contribution in [-0.4, -0.2) is 23.5 Å². The van der Waals surface area contributed by atoms with E-state index in [9.17, 15) is 14.7 Å². The van der Waals surface area contributed by atoms with Crippen LogP contribution in [0.1, 0.15) is 24.8 Å². The van der Waals surface area contributed by atoms with E-state index in [1.165, 1.54) is 6.42 Å². The lowest BCUT2D eigenvalue weighted by molar-refractivity contribution is -0.141. The first-order valence-corrected chi connectivity index (χ1v) is 7.75. The molecule has 21 heavy (non-hydrogen) atoms. The molecule has 110 valence electrons. The fourth-order valence-electron chi connectivity index (χ4n) is 4.11. The Labute approximate surface area is 123 Å². The van der Waals surface area contributed by atoms with Gasteiger partial charge in [-0.2, -0.15) is 0 Å². The molecule has 3 atom stereocenters. The SMILES string of the molecule is O=C(O)C1Cc2ccccc2N(C(=O)C2CC3CC3C2)C1. The van der Waals surface area contributed by atoms with Crippen LogP contribution < -0.4 is 4.90 Å². The molecule has 2 fully saturated rings. The number of rotatable bonds is 2. The molecular weight excluding hydrogens is 266 g/mol. The van der Waals surface area contributed by atoms with Gasteiger partial charge in [-0.3, -0.25) is 9.59 Å². The molecule has 1 aromatic rings. The maximum Gasteiger partial charge on any atom is 0.308 e. The van der Waals surface area contributed by atoms with Crippen LogP contribution in [-0.2, 0) is 16.0 Å². The largest absolute Gasteiger partial charge is 0.481 e.